The maximum Gasteiger partial charge on any atom is 0 e. The molecule has 4 heteroatoms. The minimum Gasteiger partial charge on any atom is 0 e. The van der Waals surface area contributed by atoms with E-state index in [1.54, 1.807) is 0 Å². The molecule has 0 rings (SSSR count). The predicted molar refractivity (Wildman–Crippen MR) is 8.54 cm³/mol. The Morgan fingerprint density at radius 3 is 1.25 bits per heavy atom. The number of hydrogen-bond acceptors (Lipinski definition) is 0. The molecule has 0 unspecified atom stereocenters. The minimum atomic E-state index is 0. The van der Waals surface area contributed by atoms with Gasteiger partial charge < -0.3 is 0 Å². The maximum atomic E-state index is 2.01. The average Bonchev–Trinajstić information content (AvgIpc) is 1.00. The molecule has 0 aromatic heterocycles. The molecule has 1 radical (unpaired) electrons. The smallest absolute Gasteiger partial charge is 0 e. The minimum absolute atomic E-state index is 0. The van der Waals surface area contributed by atoms with Gasteiger partial charge in [-0.3, -0.25) is 0 Å². The summed E-state index contributed by atoms with van der Waals surface area (Å²) in [5.41, 5.74) is 0. The van der Waals surface area contributed by atoms with Gasteiger partial charge in [-0.2, -0.15) is 0 Å². The Hall–Kier alpha value is 1.90. The molecule has 0 nitrogen and oxygen atoms in total. The molecule has 0 aliphatic heterocycles. The van der Waals surface area contributed by atoms with Gasteiger partial charge in [0.15, 0.2) is 0 Å². The quantitative estimate of drug-likeness (QED) is 0.471. The van der Waals surface area contributed by atoms with Crippen LogP contribution in [0.15, 0.2) is 0 Å². The number of hydrogen-bond donors (Lipinski definition) is 0. The first kappa shape index (κ1) is 16.9. The molecule has 0 aliphatic rings. The Kier molecular flexibility index (Phi) is 87.1. The fourth-order valence-corrected chi connectivity index (χ4v) is 0. The Labute approximate surface area is 61.8 Å². The van der Waals surface area contributed by atoms with Gasteiger partial charge in [0.2, 0.25) is 0 Å². The molecule has 0 fully saturated rings. The molecule has 0 aliphatic carbocycles. The van der Waals surface area contributed by atoms with E-state index in [1.807, 2.05) is 25.7 Å². The standard InChI is InChI=1S/BH2.Mn.Mo.Zn/h1H2;;;/q+1;;-1;. The van der Waals surface area contributed by atoms with Crippen LogP contribution in [0.5, 0.6) is 0 Å². The van der Waals surface area contributed by atoms with Crippen LogP contribution >= 0.6 is 0 Å². The van der Waals surface area contributed by atoms with Crippen LogP contribution in [0.3, 0.4) is 0 Å². The summed E-state index contributed by atoms with van der Waals surface area (Å²) in [6.07, 6.45) is 2.01. The van der Waals surface area contributed by atoms with Crippen molar-refractivity contribution in [2.45, 2.75) is 0 Å². The average molecular weight is 229 g/mol. The fourth-order valence-electron chi connectivity index (χ4n) is 0. The van der Waals surface area contributed by atoms with E-state index in [2.05, 4.69) is 0 Å². The first-order valence-electron chi connectivity index (χ1n) is 0.408. The molecule has 0 heterocycles. The first-order valence-corrected chi connectivity index (χ1v) is 2.42. The van der Waals surface area contributed by atoms with Gasteiger partial charge in [-0.25, -0.2) is 0 Å². The summed E-state index contributed by atoms with van der Waals surface area (Å²) in [7, 11) is 0. The monoisotopic (exact) mass is 230 g/mol. The molecule has 0 spiro atoms. The van der Waals surface area contributed by atoms with Gasteiger partial charge in [0.25, 0.3) is 0 Å². The predicted octanol–water partition coefficient (Wildman–Crippen LogP) is -0.924. The van der Waals surface area contributed by atoms with Crippen molar-refractivity contribution in [3.8, 4) is 0 Å². The van der Waals surface area contributed by atoms with Crippen LogP contribution in [0.2, 0.25) is 0 Å². The molecule has 0 saturated heterocycles. The molecular weight excluding hydrogens is 227 g/mol. The second-order valence-corrected chi connectivity index (χ2v) is 0. The van der Waals surface area contributed by atoms with Gasteiger partial charge in [0.05, 0.1) is 0 Å². The van der Waals surface area contributed by atoms with Crippen LogP contribution in [0.4, 0.5) is 0 Å². The summed E-state index contributed by atoms with van der Waals surface area (Å²) < 4.78 is 0. The maximum absolute atomic E-state index is 2.01. The van der Waals surface area contributed by atoms with E-state index >= 15 is 0 Å². The molecule has 0 atom stereocenters. The largest absolute Gasteiger partial charge is 0 e. The fraction of sp³-hybridized carbons (Fsp3) is 0. The van der Waals surface area contributed by atoms with Crippen LogP contribution in [-0.4, -0.2) is 6.11 Å². The summed E-state index contributed by atoms with van der Waals surface area (Å²) in [5, 5.41) is 0. The summed E-state index contributed by atoms with van der Waals surface area (Å²) in [4.78, 5) is 0. The van der Waals surface area contributed by atoms with Gasteiger partial charge in [0, 0.05) is 36.5 Å². The van der Waals surface area contributed by atoms with Gasteiger partial charge in [-0.1, -0.05) is 0 Å². The van der Waals surface area contributed by atoms with E-state index in [4.69, 9.17) is 0 Å². The molecular formula is H2BMnMoZn. The Balaban J connectivity index is -0.00000000500. The summed E-state index contributed by atoms with van der Waals surface area (Å²) in [6.45, 7) is 0. The van der Waals surface area contributed by atoms with E-state index < -0.39 is 0 Å². The molecule has 4 heavy (non-hydrogen) atoms. The third-order valence-corrected chi connectivity index (χ3v) is 0. The van der Waals surface area contributed by atoms with Crippen molar-refractivity contribution < 1.29 is 56.2 Å². The van der Waals surface area contributed by atoms with Crippen molar-refractivity contribution in [2.75, 3.05) is 0 Å². The summed E-state index contributed by atoms with van der Waals surface area (Å²) in [6, 6.07) is 0. The first-order chi connectivity index (χ1) is 1.00. The van der Waals surface area contributed by atoms with E-state index in [0.717, 1.165) is 0 Å². The van der Waals surface area contributed by atoms with Crippen molar-refractivity contribution in [1.82, 2.24) is 0 Å². The molecule has 0 saturated carbocycles. The zero-order valence-corrected chi connectivity index (χ0v) is 8.65. The van der Waals surface area contributed by atoms with Crippen molar-refractivity contribution >= 4 is 6.11 Å². The second-order valence-electron chi connectivity index (χ2n) is 0. The van der Waals surface area contributed by atoms with Crippen molar-refractivity contribution in [2.24, 2.45) is 0 Å². The van der Waals surface area contributed by atoms with Crippen molar-refractivity contribution in [3.63, 3.8) is 0 Å². The molecule has 0 N–H and O–H groups in total. The van der Waals surface area contributed by atoms with Gasteiger partial charge in [-0.05, 0) is 0 Å². The molecule has 0 amide bonds. The number of rotatable bonds is 0. The van der Waals surface area contributed by atoms with Gasteiger partial charge in [0.1, 0.15) is 0 Å². The van der Waals surface area contributed by atoms with E-state index in [0.29, 0.717) is 0 Å². The SMILES string of the molecule is [BH2][Mo].[Mn].[Zn]. The Bertz CT molecular complexity index is 8.00. The normalized spacial score (nSPS) is 1.00. The van der Waals surface area contributed by atoms with E-state index in [9.17, 15) is 0 Å². The molecule has 0 aromatic carbocycles. The van der Waals surface area contributed by atoms with Gasteiger partial charge in [-0.15, -0.1) is 0 Å². The van der Waals surface area contributed by atoms with Crippen LogP contribution in [0.25, 0.3) is 0 Å². The van der Waals surface area contributed by atoms with Crippen molar-refractivity contribution in [3.05, 3.63) is 0 Å². The van der Waals surface area contributed by atoms with Crippen molar-refractivity contribution in [1.29, 1.82) is 0 Å². The van der Waals surface area contributed by atoms with Crippen LogP contribution in [0, 0.1) is 0 Å². The third-order valence-electron chi connectivity index (χ3n) is 0. The summed E-state index contributed by atoms with van der Waals surface area (Å²) >= 11 is 1.95. The zero-order valence-electron chi connectivity index (χ0n) is 2.49. The third kappa shape index (κ3) is 9.09. The molecule has 0 aromatic rings. The van der Waals surface area contributed by atoms with E-state index in [1.165, 1.54) is 0 Å². The zero-order chi connectivity index (χ0) is 2.00. The topological polar surface area (TPSA) is 0 Å². The molecule has 20 valence electrons. The summed E-state index contributed by atoms with van der Waals surface area (Å²) in [5.74, 6) is 0. The Morgan fingerprint density at radius 2 is 1.25 bits per heavy atom. The van der Waals surface area contributed by atoms with Crippen LogP contribution in [-0.2, 0) is 56.2 Å². The van der Waals surface area contributed by atoms with Crippen LogP contribution < -0.4 is 0 Å². The molecule has 0 bridgehead atoms. The second kappa shape index (κ2) is 20.7. The Morgan fingerprint density at radius 1 is 1.25 bits per heavy atom. The van der Waals surface area contributed by atoms with Gasteiger partial charge >= 0.3 is 25.7 Å². The van der Waals surface area contributed by atoms with E-state index in [-0.39, 0.29) is 36.5 Å². The van der Waals surface area contributed by atoms with Crippen LogP contribution in [0.1, 0.15) is 0 Å².